The highest BCUT2D eigenvalue weighted by Crippen LogP contribution is 2.35. The van der Waals surface area contributed by atoms with E-state index >= 15 is 0 Å². The Bertz CT molecular complexity index is 461. The fraction of sp³-hybridized carbons (Fsp3) is 0.400. The van der Waals surface area contributed by atoms with E-state index in [1.165, 1.54) is 4.90 Å². The third-order valence-electron chi connectivity index (χ3n) is 2.75. The number of hydrogen-bond donors (Lipinski definition) is 1. The van der Waals surface area contributed by atoms with Gasteiger partial charge in [-0.2, -0.15) is 4.39 Å². The van der Waals surface area contributed by atoms with Crippen molar-refractivity contribution < 1.29 is 18.8 Å². The average molecular weight is 244 g/mol. The number of nitro benzene ring substituents is 1. The summed E-state index contributed by atoms with van der Waals surface area (Å²) in [5.41, 5.74) is -0.792. The molecule has 0 aliphatic carbocycles. The van der Waals surface area contributed by atoms with Crippen LogP contribution < -0.4 is 4.90 Å². The van der Waals surface area contributed by atoms with Crippen molar-refractivity contribution in [2.75, 3.05) is 24.6 Å². The molecule has 0 spiro atoms. The van der Waals surface area contributed by atoms with Gasteiger partial charge in [0.1, 0.15) is 11.5 Å². The molecule has 1 fully saturated rings. The Kier molecular flexibility index (Phi) is 2.93. The van der Waals surface area contributed by atoms with E-state index in [-0.39, 0.29) is 18.2 Å². The van der Waals surface area contributed by atoms with Crippen molar-refractivity contribution in [2.45, 2.75) is 0 Å². The smallest absolute Gasteiger partial charge is 0.328 e. The third-order valence-corrected chi connectivity index (χ3v) is 2.75. The number of benzene rings is 1. The van der Waals surface area contributed by atoms with Gasteiger partial charge >= 0.3 is 5.69 Å². The summed E-state index contributed by atoms with van der Waals surface area (Å²) in [6, 6.07) is 1.43. The molecule has 1 aliphatic rings. The lowest BCUT2D eigenvalue weighted by Crippen LogP contribution is -2.48. The van der Waals surface area contributed by atoms with Gasteiger partial charge in [-0.15, -0.1) is 0 Å². The van der Waals surface area contributed by atoms with Gasteiger partial charge in [-0.1, -0.05) is 0 Å². The number of rotatable bonds is 3. The van der Waals surface area contributed by atoms with Crippen molar-refractivity contribution in [1.29, 1.82) is 0 Å². The summed E-state index contributed by atoms with van der Waals surface area (Å²) in [6.45, 7) is 0.683. The van der Waals surface area contributed by atoms with E-state index in [4.69, 9.17) is 5.11 Å². The highest BCUT2D eigenvalue weighted by molar-refractivity contribution is 5.65. The zero-order chi connectivity index (χ0) is 12.6. The first-order chi connectivity index (χ1) is 8.02. The molecule has 0 amide bonds. The molecule has 1 aromatic rings. The maximum atomic E-state index is 13.3. The molecule has 1 aliphatic heterocycles. The largest absolute Gasteiger partial charge is 0.396 e. The van der Waals surface area contributed by atoms with Crippen molar-refractivity contribution in [2.24, 2.45) is 5.92 Å². The molecule has 0 aromatic heterocycles. The first-order valence-corrected chi connectivity index (χ1v) is 5.02. The third kappa shape index (κ3) is 2.05. The Labute approximate surface area is 95.4 Å². The Morgan fingerprint density at radius 3 is 2.65 bits per heavy atom. The number of nitrogens with zero attached hydrogens (tertiary/aromatic N) is 2. The molecule has 0 saturated carbocycles. The maximum absolute atomic E-state index is 13.3. The van der Waals surface area contributed by atoms with Crippen LogP contribution in [0.25, 0.3) is 0 Å². The minimum absolute atomic E-state index is 0.000864. The number of aliphatic hydroxyl groups is 1. The molecule has 1 N–H and O–H groups in total. The summed E-state index contributed by atoms with van der Waals surface area (Å²) < 4.78 is 26.3. The van der Waals surface area contributed by atoms with E-state index in [0.717, 1.165) is 6.07 Å². The quantitative estimate of drug-likeness (QED) is 0.643. The molecule has 2 rings (SSSR count). The van der Waals surface area contributed by atoms with Crippen LogP contribution in [0.2, 0.25) is 0 Å². The summed E-state index contributed by atoms with van der Waals surface area (Å²) in [5.74, 6) is -2.03. The minimum atomic E-state index is -1.18. The van der Waals surface area contributed by atoms with Gasteiger partial charge in [-0.05, 0) is 0 Å². The van der Waals surface area contributed by atoms with Gasteiger partial charge in [0, 0.05) is 37.7 Å². The van der Waals surface area contributed by atoms with Gasteiger partial charge in [-0.3, -0.25) is 10.1 Å². The fourth-order valence-electron chi connectivity index (χ4n) is 1.86. The topological polar surface area (TPSA) is 66.6 Å². The first kappa shape index (κ1) is 11.7. The molecule has 0 unspecified atom stereocenters. The molecular formula is C10H10F2N2O3. The Hall–Kier alpha value is -1.76. The van der Waals surface area contributed by atoms with Crippen LogP contribution in [0.1, 0.15) is 0 Å². The number of nitro groups is 1. The molecular weight excluding hydrogens is 234 g/mol. The summed E-state index contributed by atoms with van der Waals surface area (Å²) in [5, 5.41) is 19.5. The molecule has 1 saturated heterocycles. The van der Waals surface area contributed by atoms with Crippen LogP contribution in [-0.4, -0.2) is 29.7 Å². The molecule has 0 bridgehead atoms. The Morgan fingerprint density at radius 1 is 1.47 bits per heavy atom. The Morgan fingerprint density at radius 2 is 2.12 bits per heavy atom. The molecule has 1 aromatic carbocycles. The molecule has 5 nitrogen and oxygen atoms in total. The number of hydrogen-bond acceptors (Lipinski definition) is 4. The van der Waals surface area contributed by atoms with E-state index in [0.29, 0.717) is 19.2 Å². The lowest BCUT2D eigenvalue weighted by molar-refractivity contribution is -0.386. The van der Waals surface area contributed by atoms with Crippen molar-refractivity contribution in [1.82, 2.24) is 0 Å². The average Bonchev–Trinajstić information content (AvgIpc) is 2.13. The summed E-state index contributed by atoms with van der Waals surface area (Å²) in [7, 11) is 0. The van der Waals surface area contributed by atoms with E-state index in [1.54, 1.807) is 0 Å². The molecule has 7 heteroatoms. The van der Waals surface area contributed by atoms with E-state index < -0.39 is 22.2 Å². The second-order valence-corrected chi connectivity index (χ2v) is 3.97. The van der Waals surface area contributed by atoms with E-state index in [2.05, 4.69) is 0 Å². The summed E-state index contributed by atoms with van der Waals surface area (Å²) in [6.07, 6.45) is 0. The monoisotopic (exact) mass is 244 g/mol. The fourth-order valence-corrected chi connectivity index (χ4v) is 1.86. The van der Waals surface area contributed by atoms with Crippen molar-refractivity contribution in [3.8, 4) is 0 Å². The van der Waals surface area contributed by atoms with Crippen molar-refractivity contribution >= 4 is 11.4 Å². The lowest BCUT2D eigenvalue weighted by Gasteiger charge is -2.39. The van der Waals surface area contributed by atoms with E-state index in [9.17, 15) is 18.9 Å². The highest BCUT2D eigenvalue weighted by Gasteiger charge is 2.33. The van der Waals surface area contributed by atoms with Gasteiger partial charge < -0.3 is 10.0 Å². The van der Waals surface area contributed by atoms with Crippen LogP contribution >= 0.6 is 0 Å². The summed E-state index contributed by atoms with van der Waals surface area (Å²) in [4.78, 5) is 11.3. The predicted molar refractivity (Wildman–Crippen MR) is 55.8 cm³/mol. The standard InChI is InChI=1S/C10H10F2N2O3/c11-7-1-8(12)10(14(16)17)9(2-7)13-3-6(4-13)5-15/h1-2,6,15H,3-5H2. The minimum Gasteiger partial charge on any atom is -0.396 e. The highest BCUT2D eigenvalue weighted by atomic mass is 19.1. The molecule has 17 heavy (non-hydrogen) atoms. The molecule has 0 atom stereocenters. The normalized spacial score (nSPS) is 15.8. The number of anilines is 1. The van der Waals surface area contributed by atoms with Crippen LogP contribution in [0.5, 0.6) is 0 Å². The van der Waals surface area contributed by atoms with Crippen LogP contribution in [0.15, 0.2) is 12.1 Å². The van der Waals surface area contributed by atoms with Gasteiger partial charge in [0.15, 0.2) is 0 Å². The Balaban J connectivity index is 2.36. The van der Waals surface area contributed by atoms with Crippen LogP contribution in [0, 0.1) is 27.7 Å². The van der Waals surface area contributed by atoms with Gasteiger partial charge in [0.25, 0.3) is 0 Å². The zero-order valence-electron chi connectivity index (χ0n) is 8.77. The number of aliphatic hydroxyl groups excluding tert-OH is 1. The summed E-state index contributed by atoms with van der Waals surface area (Å²) >= 11 is 0. The van der Waals surface area contributed by atoms with Gasteiger partial charge in [0.05, 0.1) is 4.92 Å². The maximum Gasteiger partial charge on any atom is 0.328 e. The second kappa shape index (κ2) is 4.25. The molecule has 92 valence electrons. The zero-order valence-corrected chi connectivity index (χ0v) is 8.77. The van der Waals surface area contributed by atoms with Crippen molar-refractivity contribution in [3.63, 3.8) is 0 Å². The second-order valence-electron chi connectivity index (χ2n) is 3.97. The van der Waals surface area contributed by atoms with E-state index in [1.807, 2.05) is 0 Å². The van der Waals surface area contributed by atoms with Crippen LogP contribution in [-0.2, 0) is 0 Å². The molecule has 0 radical (unpaired) electrons. The van der Waals surface area contributed by atoms with Crippen molar-refractivity contribution in [3.05, 3.63) is 33.9 Å². The lowest BCUT2D eigenvalue weighted by atomic mass is 10.00. The predicted octanol–water partition coefficient (Wildman–Crippen LogP) is 1.30. The SMILES string of the molecule is O=[N+]([O-])c1c(F)cc(F)cc1N1CC(CO)C1. The first-order valence-electron chi connectivity index (χ1n) is 5.02. The van der Waals surface area contributed by atoms with Crippen LogP contribution in [0.4, 0.5) is 20.2 Å². The van der Waals surface area contributed by atoms with Gasteiger partial charge in [0.2, 0.25) is 5.82 Å². The van der Waals surface area contributed by atoms with Gasteiger partial charge in [-0.25, -0.2) is 4.39 Å². The molecule has 1 heterocycles. The van der Waals surface area contributed by atoms with Crippen LogP contribution in [0.3, 0.4) is 0 Å². The number of halogens is 2.